The lowest BCUT2D eigenvalue weighted by molar-refractivity contribution is 0.0951. The zero-order chi connectivity index (χ0) is 19.4. The molecular formula is C21H21NO4S. The van der Waals surface area contributed by atoms with Gasteiger partial charge in [0.1, 0.15) is 5.75 Å². The Hall–Kier alpha value is -2.86. The van der Waals surface area contributed by atoms with Crippen molar-refractivity contribution in [1.82, 2.24) is 5.32 Å². The van der Waals surface area contributed by atoms with Crippen LogP contribution in [0.25, 0.3) is 10.8 Å². The van der Waals surface area contributed by atoms with E-state index in [0.29, 0.717) is 17.7 Å². The highest BCUT2D eigenvalue weighted by Crippen LogP contribution is 2.21. The van der Waals surface area contributed by atoms with Gasteiger partial charge in [0.2, 0.25) is 0 Å². The van der Waals surface area contributed by atoms with Crippen LogP contribution in [0.2, 0.25) is 0 Å². The first-order valence-electron chi connectivity index (χ1n) is 8.45. The van der Waals surface area contributed by atoms with E-state index >= 15 is 0 Å². The second kappa shape index (κ2) is 7.80. The standard InChI is InChI=1S/C21H21NO4S/c1-26-20-10-9-18-11-16(5-8-19(18)12-20)13-22-21(23)17-6-3-15(4-7-17)14-27(2,24)25/h3-12H,13-14H2,1-2H3,(H,22,23). The number of nitrogens with one attached hydrogen (secondary N) is 1. The fraction of sp³-hybridized carbons (Fsp3) is 0.190. The molecule has 0 radical (unpaired) electrons. The molecule has 0 atom stereocenters. The Morgan fingerprint density at radius 2 is 1.56 bits per heavy atom. The van der Waals surface area contributed by atoms with Crippen LogP contribution >= 0.6 is 0 Å². The van der Waals surface area contributed by atoms with Gasteiger partial charge in [0.25, 0.3) is 5.91 Å². The lowest BCUT2D eigenvalue weighted by Crippen LogP contribution is -2.22. The van der Waals surface area contributed by atoms with Gasteiger partial charge in [0.15, 0.2) is 9.84 Å². The number of rotatable bonds is 6. The summed E-state index contributed by atoms with van der Waals surface area (Å²) >= 11 is 0. The molecule has 3 aromatic rings. The smallest absolute Gasteiger partial charge is 0.251 e. The summed E-state index contributed by atoms with van der Waals surface area (Å²) in [6.07, 6.45) is 1.19. The average molecular weight is 383 g/mol. The SMILES string of the molecule is COc1ccc2cc(CNC(=O)c3ccc(CS(C)(=O)=O)cc3)ccc2c1. The molecule has 0 unspecified atom stereocenters. The minimum absolute atomic E-state index is 0.0310. The number of amides is 1. The predicted molar refractivity (Wildman–Crippen MR) is 107 cm³/mol. The molecule has 0 aliphatic carbocycles. The van der Waals surface area contributed by atoms with E-state index in [1.807, 2.05) is 36.4 Å². The summed E-state index contributed by atoms with van der Waals surface area (Å²) in [5.41, 5.74) is 2.16. The molecule has 0 bridgehead atoms. The van der Waals surface area contributed by atoms with Crippen molar-refractivity contribution >= 4 is 26.5 Å². The Bertz CT molecular complexity index is 1070. The number of fused-ring (bicyclic) bond motifs is 1. The summed E-state index contributed by atoms with van der Waals surface area (Å²) in [4.78, 5) is 12.3. The molecule has 27 heavy (non-hydrogen) atoms. The molecule has 0 aliphatic heterocycles. The minimum Gasteiger partial charge on any atom is -0.497 e. The summed E-state index contributed by atoms with van der Waals surface area (Å²) in [6, 6.07) is 18.5. The number of hydrogen-bond donors (Lipinski definition) is 1. The first-order chi connectivity index (χ1) is 12.8. The van der Waals surface area contributed by atoms with Crippen molar-refractivity contribution in [3.8, 4) is 5.75 Å². The molecule has 3 rings (SSSR count). The van der Waals surface area contributed by atoms with Crippen molar-refractivity contribution in [2.45, 2.75) is 12.3 Å². The Balaban J connectivity index is 1.65. The van der Waals surface area contributed by atoms with Crippen LogP contribution in [0, 0.1) is 0 Å². The van der Waals surface area contributed by atoms with Gasteiger partial charge in [0.05, 0.1) is 12.9 Å². The highest BCUT2D eigenvalue weighted by atomic mass is 32.2. The zero-order valence-electron chi connectivity index (χ0n) is 15.2. The van der Waals surface area contributed by atoms with E-state index in [1.165, 1.54) is 6.26 Å². The maximum Gasteiger partial charge on any atom is 0.251 e. The van der Waals surface area contributed by atoms with Crippen molar-refractivity contribution in [2.75, 3.05) is 13.4 Å². The molecule has 1 N–H and O–H groups in total. The second-order valence-electron chi connectivity index (χ2n) is 6.50. The van der Waals surface area contributed by atoms with Gasteiger partial charge in [-0.3, -0.25) is 4.79 Å². The number of ether oxygens (including phenoxy) is 1. The summed E-state index contributed by atoms with van der Waals surface area (Å²) in [7, 11) is -1.45. The third-order valence-electron chi connectivity index (χ3n) is 4.21. The van der Waals surface area contributed by atoms with Crippen molar-refractivity contribution in [3.63, 3.8) is 0 Å². The molecule has 0 aliphatic rings. The molecule has 6 heteroatoms. The van der Waals surface area contributed by atoms with Crippen LogP contribution in [0.5, 0.6) is 5.75 Å². The summed E-state index contributed by atoms with van der Waals surface area (Å²) < 4.78 is 27.9. The first-order valence-corrected chi connectivity index (χ1v) is 10.5. The molecule has 5 nitrogen and oxygen atoms in total. The van der Waals surface area contributed by atoms with E-state index in [0.717, 1.165) is 22.1 Å². The number of benzene rings is 3. The largest absolute Gasteiger partial charge is 0.497 e. The van der Waals surface area contributed by atoms with Gasteiger partial charge in [0, 0.05) is 18.4 Å². The third-order valence-corrected chi connectivity index (χ3v) is 5.07. The molecule has 0 fully saturated rings. The zero-order valence-corrected chi connectivity index (χ0v) is 16.0. The van der Waals surface area contributed by atoms with E-state index in [4.69, 9.17) is 4.74 Å². The normalized spacial score (nSPS) is 11.3. The molecular weight excluding hydrogens is 362 g/mol. The van der Waals surface area contributed by atoms with Gasteiger partial charge in [-0.05, 0) is 52.2 Å². The molecule has 0 heterocycles. The van der Waals surface area contributed by atoms with Crippen LogP contribution in [0.15, 0.2) is 60.7 Å². The number of sulfone groups is 1. The van der Waals surface area contributed by atoms with Crippen LogP contribution in [0.4, 0.5) is 0 Å². The number of hydrogen-bond acceptors (Lipinski definition) is 4. The molecule has 0 spiro atoms. The van der Waals surface area contributed by atoms with Crippen LogP contribution < -0.4 is 10.1 Å². The van der Waals surface area contributed by atoms with Gasteiger partial charge in [-0.15, -0.1) is 0 Å². The first kappa shape index (κ1) is 18.9. The van der Waals surface area contributed by atoms with Gasteiger partial charge in [-0.1, -0.05) is 30.3 Å². The summed E-state index contributed by atoms with van der Waals surface area (Å²) in [5.74, 6) is 0.579. The van der Waals surface area contributed by atoms with Crippen LogP contribution in [-0.4, -0.2) is 27.7 Å². The molecule has 1 amide bonds. The second-order valence-corrected chi connectivity index (χ2v) is 8.64. The lowest BCUT2D eigenvalue weighted by atomic mass is 10.1. The van der Waals surface area contributed by atoms with E-state index in [1.54, 1.807) is 31.4 Å². The van der Waals surface area contributed by atoms with Gasteiger partial charge >= 0.3 is 0 Å². The van der Waals surface area contributed by atoms with Gasteiger partial charge in [-0.25, -0.2) is 8.42 Å². The van der Waals surface area contributed by atoms with Crippen molar-refractivity contribution < 1.29 is 17.9 Å². The van der Waals surface area contributed by atoms with Crippen molar-refractivity contribution in [1.29, 1.82) is 0 Å². The molecule has 140 valence electrons. The van der Waals surface area contributed by atoms with E-state index in [9.17, 15) is 13.2 Å². The minimum atomic E-state index is -3.09. The number of carbonyl (C=O) groups excluding carboxylic acids is 1. The van der Waals surface area contributed by atoms with Crippen molar-refractivity contribution in [3.05, 3.63) is 77.4 Å². The van der Waals surface area contributed by atoms with Crippen LogP contribution in [0.3, 0.4) is 0 Å². The fourth-order valence-corrected chi connectivity index (χ4v) is 3.65. The van der Waals surface area contributed by atoms with Gasteiger partial charge < -0.3 is 10.1 Å². The summed E-state index contributed by atoms with van der Waals surface area (Å²) in [6.45, 7) is 0.409. The Kier molecular flexibility index (Phi) is 5.46. The fourth-order valence-electron chi connectivity index (χ4n) is 2.85. The quantitative estimate of drug-likeness (QED) is 0.709. The molecule has 0 saturated heterocycles. The summed E-state index contributed by atoms with van der Waals surface area (Å²) in [5, 5.41) is 5.04. The Morgan fingerprint density at radius 1 is 0.926 bits per heavy atom. The molecule has 0 saturated carbocycles. The van der Waals surface area contributed by atoms with E-state index < -0.39 is 9.84 Å². The monoisotopic (exact) mass is 383 g/mol. The maximum atomic E-state index is 12.3. The lowest BCUT2D eigenvalue weighted by Gasteiger charge is -2.08. The Labute approximate surface area is 158 Å². The Morgan fingerprint density at radius 3 is 2.22 bits per heavy atom. The van der Waals surface area contributed by atoms with Gasteiger partial charge in [-0.2, -0.15) is 0 Å². The average Bonchev–Trinajstić information content (AvgIpc) is 2.64. The van der Waals surface area contributed by atoms with Crippen LogP contribution in [-0.2, 0) is 22.1 Å². The maximum absolute atomic E-state index is 12.3. The van der Waals surface area contributed by atoms with Crippen LogP contribution in [0.1, 0.15) is 21.5 Å². The number of methoxy groups -OCH3 is 1. The highest BCUT2D eigenvalue weighted by Gasteiger charge is 2.08. The van der Waals surface area contributed by atoms with E-state index in [-0.39, 0.29) is 11.7 Å². The molecule has 3 aromatic carbocycles. The number of carbonyl (C=O) groups is 1. The highest BCUT2D eigenvalue weighted by molar-refractivity contribution is 7.89. The van der Waals surface area contributed by atoms with Crippen molar-refractivity contribution in [2.24, 2.45) is 0 Å². The third kappa shape index (κ3) is 5.08. The molecule has 0 aromatic heterocycles. The topological polar surface area (TPSA) is 72.5 Å². The predicted octanol–water partition coefficient (Wildman–Crippen LogP) is 3.32. The van der Waals surface area contributed by atoms with E-state index in [2.05, 4.69) is 5.32 Å².